The fraction of sp³-hybridized carbons (Fsp3) is 0.652. The molecular weight excluding hydrogens is 555 g/mol. The summed E-state index contributed by atoms with van der Waals surface area (Å²) < 4.78 is 45.8. The summed E-state index contributed by atoms with van der Waals surface area (Å²) in [6.45, 7) is 5.75. The van der Waals surface area contributed by atoms with Gasteiger partial charge in [-0.25, -0.2) is 0 Å². The Balaban J connectivity index is 3.72. The average molecular weight is 590 g/mol. The molecular formula is C23H35Cl2F3O2Sn. The summed E-state index contributed by atoms with van der Waals surface area (Å²) in [5, 5.41) is 21.3. The van der Waals surface area contributed by atoms with E-state index >= 15 is 0 Å². The molecule has 2 nitrogen and oxygen atoms in total. The zero-order chi connectivity index (χ0) is 23.7. The summed E-state index contributed by atoms with van der Waals surface area (Å²) in [6.07, 6.45) is 1.54. The molecule has 0 saturated carbocycles. The number of aliphatic hydroxyl groups excluding tert-OH is 1. The van der Waals surface area contributed by atoms with E-state index in [1.165, 1.54) is 6.07 Å². The van der Waals surface area contributed by atoms with Crippen LogP contribution in [0.5, 0.6) is 0 Å². The Morgan fingerprint density at radius 1 is 0.903 bits per heavy atom. The van der Waals surface area contributed by atoms with Crippen LogP contribution in [0.2, 0.25) is 23.4 Å². The maximum atomic E-state index is 14.3. The molecule has 1 unspecified atom stereocenters. The van der Waals surface area contributed by atoms with E-state index in [2.05, 4.69) is 20.8 Å². The molecule has 0 fully saturated rings. The molecule has 1 aromatic carbocycles. The van der Waals surface area contributed by atoms with Crippen molar-refractivity contribution in [1.29, 1.82) is 0 Å². The van der Waals surface area contributed by atoms with Crippen LogP contribution in [-0.4, -0.2) is 41.4 Å². The van der Waals surface area contributed by atoms with Crippen LogP contribution in [0.1, 0.15) is 64.9 Å². The van der Waals surface area contributed by atoms with E-state index in [9.17, 15) is 23.4 Å². The maximum absolute atomic E-state index is 14.3. The fourth-order valence-electron chi connectivity index (χ4n) is 4.12. The predicted octanol–water partition coefficient (Wildman–Crippen LogP) is 8.05. The van der Waals surface area contributed by atoms with Gasteiger partial charge in [0.05, 0.1) is 0 Å². The van der Waals surface area contributed by atoms with Gasteiger partial charge < -0.3 is 0 Å². The van der Waals surface area contributed by atoms with Crippen LogP contribution < -0.4 is 0 Å². The first-order valence-electron chi connectivity index (χ1n) is 11.1. The second-order valence-electron chi connectivity index (χ2n) is 8.34. The van der Waals surface area contributed by atoms with Crippen LogP contribution in [0.3, 0.4) is 0 Å². The second-order valence-corrected chi connectivity index (χ2v) is 22.6. The monoisotopic (exact) mass is 590 g/mol. The summed E-state index contributed by atoms with van der Waals surface area (Å²) in [4.78, 5) is 0. The molecule has 0 amide bonds. The Bertz CT molecular complexity index is 683. The van der Waals surface area contributed by atoms with E-state index in [1.807, 2.05) is 0 Å². The summed E-state index contributed by atoms with van der Waals surface area (Å²) >= 11 is 8.50. The summed E-state index contributed by atoms with van der Waals surface area (Å²) in [7, 11) is 0. The molecule has 0 aromatic heterocycles. The Hall–Kier alpha value is 0.0487. The minimum atomic E-state index is -4.99. The number of hydrogen-bond donors (Lipinski definition) is 2. The van der Waals surface area contributed by atoms with Gasteiger partial charge in [-0.05, 0) is 0 Å². The molecule has 0 heterocycles. The molecule has 0 radical (unpaired) electrons. The average Bonchev–Trinajstić information content (AvgIpc) is 2.70. The molecule has 0 aliphatic rings. The van der Waals surface area contributed by atoms with Crippen LogP contribution in [-0.2, 0) is 5.60 Å². The SMILES string of the molecule is CCC[CH2][Sn]([CH2]CCC)([CH2]CCC)[C](=CC(O)(c1cc(Cl)cc(Cl)c1)C(F)(F)F)CO. The van der Waals surface area contributed by atoms with Gasteiger partial charge in [-0.15, -0.1) is 0 Å². The third-order valence-electron chi connectivity index (χ3n) is 6.00. The molecule has 178 valence electrons. The summed E-state index contributed by atoms with van der Waals surface area (Å²) in [5.74, 6) is 0. The van der Waals surface area contributed by atoms with Crippen molar-refractivity contribution in [3.8, 4) is 0 Å². The van der Waals surface area contributed by atoms with Crippen LogP contribution in [0, 0.1) is 0 Å². The van der Waals surface area contributed by atoms with Gasteiger partial charge in [-0.2, -0.15) is 0 Å². The predicted molar refractivity (Wildman–Crippen MR) is 126 cm³/mol. The zero-order valence-electron chi connectivity index (χ0n) is 18.7. The molecule has 0 aliphatic carbocycles. The molecule has 1 atom stereocenters. The number of aliphatic hydroxyl groups is 2. The van der Waals surface area contributed by atoms with E-state index in [0.29, 0.717) is 3.59 Å². The first kappa shape index (κ1) is 29.1. The number of hydrogen-bond acceptors (Lipinski definition) is 2. The van der Waals surface area contributed by atoms with Crippen LogP contribution in [0.25, 0.3) is 0 Å². The Morgan fingerprint density at radius 3 is 1.65 bits per heavy atom. The molecule has 8 heteroatoms. The fourth-order valence-corrected chi connectivity index (χ4v) is 20.8. The van der Waals surface area contributed by atoms with Gasteiger partial charge in [-0.3, -0.25) is 0 Å². The van der Waals surface area contributed by atoms with Crippen molar-refractivity contribution in [3.63, 3.8) is 0 Å². The van der Waals surface area contributed by atoms with Gasteiger partial charge in [0.15, 0.2) is 0 Å². The summed E-state index contributed by atoms with van der Waals surface area (Å²) in [5.41, 5.74) is -3.68. The molecule has 0 aliphatic heterocycles. The van der Waals surface area contributed by atoms with Crippen molar-refractivity contribution in [1.82, 2.24) is 0 Å². The van der Waals surface area contributed by atoms with Crippen molar-refractivity contribution < 1.29 is 23.4 Å². The molecule has 0 bridgehead atoms. The number of unbranched alkanes of at least 4 members (excludes halogenated alkanes) is 3. The van der Waals surface area contributed by atoms with Crippen molar-refractivity contribution in [3.05, 3.63) is 43.5 Å². The molecule has 0 spiro atoms. The Morgan fingerprint density at radius 2 is 1.32 bits per heavy atom. The first-order valence-corrected chi connectivity index (χ1v) is 19.3. The van der Waals surface area contributed by atoms with Gasteiger partial charge in [0.1, 0.15) is 0 Å². The number of rotatable bonds is 13. The van der Waals surface area contributed by atoms with Crippen molar-refractivity contribution in [2.75, 3.05) is 6.61 Å². The van der Waals surface area contributed by atoms with Crippen molar-refractivity contribution >= 4 is 41.6 Å². The number of alkyl halides is 3. The quantitative estimate of drug-likeness (QED) is 0.229. The Kier molecular flexibility index (Phi) is 12.3. The molecule has 1 aromatic rings. The van der Waals surface area contributed by atoms with Gasteiger partial charge in [-0.1, -0.05) is 0 Å². The molecule has 2 N–H and O–H groups in total. The third-order valence-corrected chi connectivity index (χ3v) is 22.4. The normalized spacial score (nSPS) is 15.2. The molecule has 1 rings (SSSR count). The van der Waals surface area contributed by atoms with E-state index in [0.717, 1.165) is 70.0 Å². The second kappa shape index (κ2) is 13.1. The van der Waals surface area contributed by atoms with Gasteiger partial charge in [0, 0.05) is 0 Å². The number of halogens is 5. The van der Waals surface area contributed by atoms with E-state index in [-0.39, 0.29) is 10.0 Å². The minimum absolute atomic E-state index is 0.0156. The number of benzene rings is 1. The molecule has 0 saturated heterocycles. The van der Waals surface area contributed by atoms with E-state index in [1.54, 1.807) is 0 Å². The zero-order valence-corrected chi connectivity index (χ0v) is 23.0. The van der Waals surface area contributed by atoms with Crippen LogP contribution in [0.15, 0.2) is 27.9 Å². The van der Waals surface area contributed by atoms with Gasteiger partial charge in [0.2, 0.25) is 0 Å². The van der Waals surface area contributed by atoms with E-state index < -0.39 is 42.3 Å². The van der Waals surface area contributed by atoms with Crippen molar-refractivity contribution in [2.24, 2.45) is 0 Å². The Labute approximate surface area is 198 Å². The summed E-state index contributed by atoms with van der Waals surface area (Å²) in [6, 6.07) is 3.51. The van der Waals surface area contributed by atoms with Crippen LogP contribution >= 0.6 is 23.2 Å². The van der Waals surface area contributed by atoms with Crippen LogP contribution in [0.4, 0.5) is 13.2 Å². The van der Waals surface area contributed by atoms with Gasteiger partial charge in [0.25, 0.3) is 0 Å². The van der Waals surface area contributed by atoms with Gasteiger partial charge >= 0.3 is 199 Å². The standard InChI is InChI=1S/C11H8Cl2F3O2.3C4H9.Sn/c12-8-4-7(5-9(13)6-8)10(18,2-1-3-17)11(14,15)16;3*1-3-4-2;/h2,4-6,17-18H,3H2;3*1,3-4H2,2H3;. The van der Waals surface area contributed by atoms with E-state index in [4.69, 9.17) is 23.2 Å². The molecule has 31 heavy (non-hydrogen) atoms. The van der Waals surface area contributed by atoms with Crippen molar-refractivity contribution in [2.45, 2.75) is 84.4 Å². The third kappa shape index (κ3) is 7.80. The topological polar surface area (TPSA) is 40.5 Å². The first-order chi connectivity index (χ1) is 14.5.